The van der Waals surface area contributed by atoms with Crippen LogP contribution >= 0.6 is 0 Å². The van der Waals surface area contributed by atoms with Crippen LogP contribution in [0.15, 0.2) is 57.9 Å². The fraction of sp³-hybridized carbons (Fsp3) is 0.433. The fourth-order valence-electron chi connectivity index (χ4n) is 4.58. The normalized spacial score (nSPS) is 12.3. The lowest BCUT2D eigenvalue weighted by Crippen LogP contribution is -2.51. The third-order valence-corrected chi connectivity index (χ3v) is 8.38. The highest BCUT2D eigenvalue weighted by Crippen LogP contribution is 2.30. The average molecular weight is 569 g/mol. The van der Waals surface area contributed by atoms with Crippen LogP contribution in [0.1, 0.15) is 63.3 Å². The van der Waals surface area contributed by atoms with Crippen LogP contribution in [0.3, 0.4) is 0 Å². The highest BCUT2D eigenvalue weighted by molar-refractivity contribution is 7.92. The minimum absolute atomic E-state index is 0.0549. The van der Waals surface area contributed by atoms with E-state index in [0.29, 0.717) is 28.9 Å². The Kier molecular flexibility index (Phi) is 10.5. The predicted octanol–water partition coefficient (Wildman–Crippen LogP) is 5.44. The first-order valence-corrected chi connectivity index (χ1v) is 15.1. The Morgan fingerprint density at radius 1 is 1.02 bits per heavy atom. The van der Waals surface area contributed by atoms with E-state index in [0.717, 1.165) is 24.8 Å². The first-order valence-electron chi connectivity index (χ1n) is 13.6. The van der Waals surface area contributed by atoms with Gasteiger partial charge >= 0.3 is 0 Å². The van der Waals surface area contributed by atoms with Crippen molar-refractivity contribution in [2.24, 2.45) is 5.92 Å². The Labute approximate surface area is 237 Å². The number of aromatic nitrogens is 1. The van der Waals surface area contributed by atoms with Gasteiger partial charge in [0.15, 0.2) is 5.82 Å². The SMILES string of the molecule is CCCCCC(=O)N(Cc1ccc(-c2ccccc2S(=O)(=O)Nc2noc(C)c2C)cc1)[C@H](C(=O)NC)C(C)C. The lowest BCUT2D eigenvalue weighted by atomic mass is 9.98. The number of likely N-dealkylation sites (N-methyl/N-ethyl adjacent to an activating group) is 1. The van der Waals surface area contributed by atoms with E-state index in [2.05, 4.69) is 22.1 Å². The minimum atomic E-state index is -3.96. The zero-order valence-electron chi connectivity index (χ0n) is 24.2. The molecule has 2 aromatic carbocycles. The summed E-state index contributed by atoms with van der Waals surface area (Å²) in [7, 11) is -2.37. The summed E-state index contributed by atoms with van der Waals surface area (Å²) in [5.41, 5.74) is 2.69. The van der Waals surface area contributed by atoms with Gasteiger partial charge in [-0.1, -0.05) is 81.2 Å². The second-order valence-corrected chi connectivity index (χ2v) is 11.9. The standard InChI is InChI=1S/C30H40N4O5S/c1-7-8-9-14-27(35)34(28(20(2)3)30(36)31-6)19-23-15-17-24(18-16-23)25-12-10-11-13-26(25)40(37,38)33-29-21(4)22(5)39-32-29/h10-13,15-18,20,28H,7-9,14,19H2,1-6H3,(H,31,36)(H,32,33)/t28-/m0/s1. The van der Waals surface area contributed by atoms with E-state index in [1.807, 2.05) is 38.1 Å². The van der Waals surface area contributed by atoms with Gasteiger partial charge in [0.05, 0.1) is 4.90 Å². The molecule has 0 aliphatic heterocycles. The minimum Gasteiger partial charge on any atom is -0.359 e. The molecule has 0 radical (unpaired) electrons. The Morgan fingerprint density at radius 2 is 1.70 bits per heavy atom. The number of aryl methyl sites for hydroxylation is 1. The number of carbonyl (C=O) groups excluding carboxylic acids is 2. The first-order chi connectivity index (χ1) is 19.0. The number of anilines is 1. The van der Waals surface area contributed by atoms with Crippen LogP contribution in [0.2, 0.25) is 0 Å². The summed E-state index contributed by atoms with van der Waals surface area (Å²) in [5, 5.41) is 6.53. The van der Waals surface area contributed by atoms with E-state index in [1.165, 1.54) is 0 Å². The predicted molar refractivity (Wildman–Crippen MR) is 156 cm³/mol. The van der Waals surface area contributed by atoms with E-state index in [9.17, 15) is 18.0 Å². The number of unbranched alkanes of at least 4 members (excludes halogenated alkanes) is 2. The molecule has 1 heterocycles. The second kappa shape index (κ2) is 13.6. The van der Waals surface area contributed by atoms with Crippen molar-refractivity contribution in [2.75, 3.05) is 11.8 Å². The van der Waals surface area contributed by atoms with Crippen LogP contribution in [0.4, 0.5) is 5.82 Å². The molecule has 216 valence electrons. The second-order valence-electron chi connectivity index (χ2n) is 10.3. The molecule has 9 nitrogen and oxygen atoms in total. The van der Waals surface area contributed by atoms with Crippen molar-refractivity contribution in [1.29, 1.82) is 0 Å². The fourth-order valence-corrected chi connectivity index (χ4v) is 5.87. The monoisotopic (exact) mass is 568 g/mol. The van der Waals surface area contributed by atoms with Crippen molar-refractivity contribution >= 4 is 27.7 Å². The van der Waals surface area contributed by atoms with E-state index in [1.54, 1.807) is 50.1 Å². The van der Waals surface area contributed by atoms with E-state index in [4.69, 9.17) is 4.52 Å². The molecule has 10 heteroatoms. The molecule has 0 bridgehead atoms. The van der Waals surface area contributed by atoms with E-state index < -0.39 is 16.1 Å². The van der Waals surface area contributed by atoms with Crippen LogP contribution in [0.25, 0.3) is 11.1 Å². The van der Waals surface area contributed by atoms with Crippen molar-refractivity contribution in [1.82, 2.24) is 15.4 Å². The summed E-state index contributed by atoms with van der Waals surface area (Å²) in [6.07, 6.45) is 3.11. The van der Waals surface area contributed by atoms with Crippen LogP contribution in [0, 0.1) is 19.8 Å². The van der Waals surface area contributed by atoms with Crippen LogP contribution in [0.5, 0.6) is 0 Å². The third-order valence-electron chi connectivity index (χ3n) is 6.98. The molecule has 2 amide bonds. The molecular formula is C30H40N4O5S. The number of rotatable bonds is 13. The lowest BCUT2D eigenvalue weighted by Gasteiger charge is -2.33. The Morgan fingerprint density at radius 3 is 2.27 bits per heavy atom. The van der Waals surface area contributed by atoms with Crippen LogP contribution in [-0.2, 0) is 26.2 Å². The molecule has 0 spiro atoms. The van der Waals surface area contributed by atoms with Gasteiger partial charge in [0.25, 0.3) is 10.0 Å². The molecule has 40 heavy (non-hydrogen) atoms. The molecule has 0 saturated carbocycles. The van der Waals surface area contributed by atoms with E-state index >= 15 is 0 Å². The molecule has 3 aromatic rings. The van der Waals surface area contributed by atoms with Crippen LogP contribution in [-0.4, -0.2) is 43.4 Å². The molecule has 0 saturated heterocycles. The average Bonchev–Trinajstić information content (AvgIpc) is 3.24. The van der Waals surface area contributed by atoms with Gasteiger partial charge in [0.1, 0.15) is 11.8 Å². The van der Waals surface area contributed by atoms with Gasteiger partial charge in [-0.2, -0.15) is 0 Å². The summed E-state index contributed by atoms with van der Waals surface area (Å²) < 4.78 is 34.3. The third kappa shape index (κ3) is 7.29. The molecule has 3 rings (SSSR count). The maximum absolute atomic E-state index is 13.3. The van der Waals surface area contributed by atoms with Crippen molar-refractivity contribution in [3.8, 4) is 11.1 Å². The van der Waals surface area contributed by atoms with Gasteiger partial charge in [-0.3, -0.25) is 14.3 Å². The number of sulfonamides is 1. The molecular weight excluding hydrogens is 528 g/mol. The highest BCUT2D eigenvalue weighted by Gasteiger charge is 2.31. The molecule has 1 atom stereocenters. The number of amides is 2. The van der Waals surface area contributed by atoms with Crippen molar-refractivity contribution < 1.29 is 22.5 Å². The molecule has 0 unspecified atom stereocenters. The maximum Gasteiger partial charge on any atom is 0.263 e. The largest absolute Gasteiger partial charge is 0.359 e. The van der Waals surface area contributed by atoms with Gasteiger partial charge in [0, 0.05) is 31.1 Å². The smallest absolute Gasteiger partial charge is 0.263 e. The Hall–Kier alpha value is -3.66. The van der Waals surface area contributed by atoms with Gasteiger partial charge in [-0.25, -0.2) is 8.42 Å². The number of carbonyl (C=O) groups is 2. The zero-order valence-corrected chi connectivity index (χ0v) is 25.0. The van der Waals surface area contributed by atoms with Gasteiger partial charge < -0.3 is 14.7 Å². The summed E-state index contributed by atoms with van der Waals surface area (Å²) in [5.74, 6) is 0.370. The quantitative estimate of drug-likeness (QED) is 0.265. The number of nitrogens with one attached hydrogen (secondary N) is 2. The Bertz CT molecular complexity index is 1410. The van der Waals surface area contributed by atoms with Gasteiger partial charge in [-0.05, 0) is 43.4 Å². The van der Waals surface area contributed by atoms with Gasteiger partial charge in [-0.15, -0.1) is 0 Å². The summed E-state index contributed by atoms with van der Waals surface area (Å²) in [6.45, 7) is 9.67. The summed E-state index contributed by atoms with van der Waals surface area (Å²) in [6, 6.07) is 13.5. The molecule has 0 aliphatic carbocycles. The molecule has 1 aromatic heterocycles. The van der Waals surface area contributed by atoms with Crippen molar-refractivity contribution in [3.63, 3.8) is 0 Å². The van der Waals surface area contributed by atoms with Gasteiger partial charge in [0.2, 0.25) is 11.8 Å². The number of nitrogens with zero attached hydrogens (tertiary/aromatic N) is 2. The summed E-state index contributed by atoms with van der Waals surface area (Å²) in [4.78, 5) is 27.8. The Balaban J connectivity index is 1.90. The first kappa shape index (κ1) is 30.9. The van der Waals surface area contributed by atoms with Crippen LogP contribution < -0.4 is 10.0 Å². The zero-order chi connectivity index (χ0) is 29.4. The highest BCUT2D eigenvalue weighted by atomic mass is 32.2. The number of benzene rings is 2. The lowest BCUT2D eigenvalue weighted by molar-refractivity contribution is -0.142. The van der Waals surface area contributed by atoms with E-state index in [-0.39, 0.29) is 35.0 Å². The number of hydrogen-bond donors (Lipinski definition) is 2. The number of hydrogen-bond acceptors (Lipinski definition) is 6. The summed E-state index contributed by atoms with van der Waals surface area (Å²) >= 11 is 0. The van der Waals surface area contributed by atoms with Crippen molar-refractivity contribution in [3.05, 3.63) is 65.4 Å². The maximum atomic E-state index is 13.3. The topological polar surface area (TPSA) is 122 Å². The molecule has 0 aliphatic rings. The molecule has 0 fully saturated rings. The van der Waals surface area contributed by atoms with Crippen molar-refractivity contribution in [2.45, 2.75) is 77.8 Å². The molecule has 2 N–H and O–H groups in total.